The highest BCUT2D eigenvalue weighted by molar-refractivity contribution is 6.14. The van der Waals surface area contributed by atoms with E-state index in [-0.39, 0.29) is 17.4 Å². The number of rotatable bonds is 2. The fourth-order valence-corrected chi connectivity index (χ4v) is 3.06. The first-order valence-electron chi connectivity index (χ1n) is 7.98. The first-order valence-corrected chi connectivity index (χ1v) is 7.98. The van der Waals surface area contributed by atoms with Gasteiger partial charge in [-0.05, 0) is 66.3 Å². The third-order valence-electron chi connectivity index (χ3n) is 4.10. The Morgan fingerprint density at radius 3 is 1.75 bits per heavy atom. The number of halogens is 2. The van der Waals surface area contributed by atoms with Crippen molar-refractivity contribution >= 4 is 17.9 Å². The lowest BCUT2D eigenvalue weighted by Crippen LogP contribution is -2.18. The predicted molar refractivity (Wildman–Crippen MR) is 92.2 cm³/mol. The molecule has 0 heterocycles. The molecule has 1 aliphatic rings. The Labute approximate surface area is 140 Å². The van der Waals surface area contributed by atoms with Crippen LogP contribution >= 0.6 is 0 Å². The average Bonchev–Trinajstić information content (AvgIpc) is 2.52. The lowest BCUT2D eigenvalue weighted by Gasteiger charge is -2.22. The second kappa shape index (κ2) is 6.91. The maximum atomic E-state index is 13.3. The van der Waals surface area contributed by atoms with Crippen LogP contribution < -0.4 is 0 Å². The predicted octanol–water partition coefficient (Wildman–Crippen LogP) is 5.43. The molecule has 0 bridgehead atoms. The van der Waals surface area contributed by atoms with Gasteiger partial charge in [0.2, 0.25) is 0 Å². The van der Waals surface area contributed by atoms with E-state index >= 15 is 0 Å². The van der Waals surface area contributed by atoms with Crippen LogP contribution in [0.4, 0.5) is 8.78 Å². The third kappa shape index (κ3) is 3.85. The second-order valence-electron chi connectivity index (χ2n) is 6.29. The summed E-state index contributed by atoms with van der Waals surface area (Å²) in [6.07, 6.45) is 4.83. The van der Waals surface area contributed by atoms with E-state index in [0.29, 0.717) is 41.0 Å². The summed E-state index contributed by atoms with van der Waals surface area (Å²) in [4.78, 5) is 12.7. The molecule has 0 radical (unpaired) electrons. The number of Topliss-reactive ketones (excluding diaryl/α,β-unsaturated/α-hetero) is 1. The molecule has 1 nitrogen and oxygen atoms in total. The lowest BCUT2D eigenvalue weighted by molar-refractivity contribution is -0.113. The molecule has 3 rings (SSSR count). The van der Waals surface area contributed by atoms with E-state index in [1.54, 1.807) is 36.4 Å². The van der Waals surface area contributed by atoms with Crippen molar-refractivity contribution in [1.29, 1.82) is 0 Å². The zero-order chi connectivity index (χ0) is 17.1. The number of allylic oxidation sites excluding steroid dienone is 2. The molecular weight excluding hydrogens is 306 g/mol. The molecule has 1 fully saturated rings. The van der Waals surface area contributed by atoms with Crippen LogP contribution in [0, 0.1) is 17.6 Å². The minimum absolute atomic E-state index is 0.0402. The molecule has 0 aromatic heterocycles. The van der Waals surface area contributed by atoms with Gasteiger partial charge in [0, 0.05) is 11.1 Å². The summed E-state index contributed by atoms with van der Waals surface area (Å²) in [7, 11) is 0. The minimum Gasteiger partial charge on any atom is -0.289 e. The number of hydrogen-bond donors (Lipinski definition) is 0. The SMILES string of the molecule is CC1C/C(=C/c2cccc(F)c2)C(=O)/C(=C/c2cccc(F)c2)C1. The van der Waals surface area contributed by atoms with Gasteiger partial charge in [0.15, 0.2) is 5.78 Å². The largest absolute Gasteiger partial charge is 0.289 e. The summed E-state index contributed by atoms with van der Waals surface area (Å²) in [5.74, 6) is -0.378. The summed E-state index contributed by atoms with van der Waals surface area (Å²) in [6.45, 7) is 2.07. The summed E-state index contributed by atoms with van der Waals surface area (Å²) < 4.78 is 26.7. The van der Waals surface area contributed by atoms with Crippen molar-refractivity contribution in [2.75, 3.05) is 0 Å². The Kier molecular flexibility index (Phi) is 4.70. The van der Waals surface area contributed by atoms with Crippen LogP contribution in [0.25, 0.3) is 12.2 Å². The Balaban J connectivity index is 1.94. The summed E-state index contributed by atoms with van der Waals surface area (Å²) in [5, 5.41) is 0. The number of benzene rings is 2. The number of carbonyl (C=O) groups excluding carboxylic acids is 1. The molecule has 122 valence electrons. The third-order valence-corrected chi connectivity index (χ3v) is 4.10. The van der Waals surface area contributed by atoms with Gasteiger partial charge in [-0.3, -0.25) is 4.79 Å². The molecule has 0 aliphatic heterocycles. The van der Waals surface area contributed by atoms with E-state index in [9.17, 15) is 13.6 Å². The van der Waals surface area contributed by atoms with E-state index in [1.165, 1.54) is 24.3 Å². The molecule has 0 amide bonds. The summed E-state index contributed by atoms with van der Waals surface area (Å²) in [5.41, 5.74) is 2.69. The van der Waals surface area contributed by atoms with Gasteiger partial charge in [-0.15, -0.1) is 0 Å². The van der Waals surface area contributed by atoms with E-state index in [4.69, 9.17) is 0 Å². The van der Waals surface area contributed by atoms with Crippen molar-refractivity contribution in [1.82, 2.24) is 0 Å². The Morgan fingerprint density at radius 2 is 1.33 bits per heavy atom. The van der Waals surface area contributed by atoms with E-state index in [2.05, 4.69) is 6.92 Å². The Bertz CT molecular complexity index is 766. The topological polar surface area (TPSA) is 17.1 Å². The molecule has 1 aliphatic carbocycles. The van der Waals surface area contributed by atoms with Gasteiger partial charge in [-0.1, -0.05) is 31.2 Å². The maximum absolute atomic E-state index is 13.3. The number of hydrogen-bond acceptors (Lipinski definition) is 1. The standard InChI is InChI=1S/C21H18F2O/c1-14-8-17(10-15-4-2-6-19(22)12-15)21(24)18(9-14)11-16-5-3-7-20(23)13-16/h2-7,10-14H,8-9H2,1H3/b17-10-,18-11+. The number of ketones is 1. The van der Waals surface area contributed by atoms with Crippen molar-refractivity contribution in [2.24, 2.45) is 5.92 Å². The van der Waals surface area contributed by atoms with E-state index < -0.39 is 0 Å². The van der Waals surface area contributed by atoms with Crippen LogP contribution in [-0.2, 0) is 4.79 Å². The highest BCUT2D eigenvalue weighted by Crippen LogP contribution is 2.32. The number of carbonyl (C=O) groups is 1. The van der Waals surface area contributed by atoms with Crippen molar-refractivity contribution in [3.8, 4) is 0 Å². The van der Waals surface area contributed by atoms with Crippen LogP contribution in [-0.4, -0.2) is 5.78 Å². The van der Waals surface area contributed by atoms with Gasteiger partial charge >= 0.3 is 0 Å². The molecule has 0 saturated heterocycles. The van der Waals surface area contributed by atoms with Crippen LogP contribution in [0.2, 0.25) is 0 Å². The van der Waals surface area contributed by atoms with Crippen molar-refractivity contribution in [3.05, 3.63) is 82.4 Å². The van der Waals surface area contributed by atoms with E-state index in [0.717, 1.165) is 0 Å². The molecule has 0 spiro atoms. The first-order chi connectivity index (χ1) is 11.5. The van der Waals surface area contributed by atoms with Crippen LogP contribution in [0.15, 0.2) is 59.7 Å². The Hall–Kier alpha value is -2.55. The maximum Gasteiger partial charge on any atom is 0.185 e. The zero-order valence-corrected chi connectivity index (χ0v) is 13.4. The van der Waals surface area contributed by atoms with Crippen LogP contribution in [0.1, 0.15) is 30.9 Å². The fraction of sp³-hybridized carbons (Fsp3) is 0.190. The molecule has 0 N–H and O–H groups in total. The molecule has 3 heteroatoms. The van der Waals surface area contributed by atoms with Gasteiger partial charge in [0.05, 0.1) is 0 Å². The molecule has 24 heavy (non-hydrogen) atoms. The average molecular weight is 324 g/mol. The first kappa shape index (κ1) is 16.3. The minimum atomic E-state index is -0.323. The van der Waals surface area contributed by atoms with Gasteiger partial charge in [0.1, 0.15) is 11.6 Å². The monoisotopic (exact) mass is 324 g/mol. The summed E-state index contributed by atoms with van der Waals surface area (Å²) in [6, 6.07) is 12.4. The molecule has 2 aromatic carbocycles. The highest BCUT2D eigenvalue weighted by Gasteiger charge is 2.25. The molecule has 2 aromatic rings. The molecule has 1 unspecified atom stereocenters. The lowest BCUT2D eigenvalue weighted by atomic mass is 9.81. The Morgan fingerprint density at radius 1 is 0.875 bits per heavy atom. The van der Waals surface area contributed by atoms with Gasteiger partial charge < -0.3 is 0 Å². The molecule has 1 saturated carbocycles. The molecule has 1 atom stereocenters. The smallest absolute Gasteiger partial charge is 0.185 e. The van der Waals surface area contributed by atoms with Gasteiger partial charge in [-0.25, -0.2) is 8.78 Å². The van der Waals surface area contributed by atoms with Crippen LogP contribution in [0.3, 0.4) is 0 Å². The zero-order valence-electron chi connectivity index (χ0n) is 13.4. The van der Waals surface area contributed by atoms with Crippen molar-refractivity contribution < 1.29 is 13.6 Å². The fourth-order valence-electron chi connectivity index (χ4n) is 3.06. The summed E-state index contributed by atoms with van der Waals surface area (Å²) >= 11 is 0. The van der Waals surface area contributed by atoms with E-state index in [1.807, 2.05) is 0 Å². The van der Waals surface area contributed by atoms with Crippen LogP contribution in [0.5, 0.6) is 0 Å². The van der Waals surface area contributed by atoms with Gasteiger partial charge in [-0.2, -0.15) is 0 Å². The second-order valence-corrected chi connectivity index (χ2v) is 6.29. The molecular formula is C21H18F2O. The van der Waals surface area contributed by atoms with Crippen molar-refractivity contribution in [2.45, 2.75) is 19.8 Å². The van der Waals surface area contributed by atoms with Gasteiger partial charge in [0.25, 0.3) is 0 Å². The normalized spacial score (nSPS) is 21.5. The highest BCUT2D eigenvalue weighted by atomic mass is 19.1. The van der Waals surface area contributed by atoms with Crippen molar-refractivity contribution in [3.63, 3.8) is 0 Å². The quantitative estimate of drug-likeness (QED) is 0.673.